The summed E-state index contributed by atoms with van der Waals surface area (Å²) in [5.74, 6) is 2.20. The molecule has 3 heterocycles. The standard InChI is InChI=1S/C32H40N2O5/c1-23-26-21-25(37-3)13-14-28(26)39-30(23)31(36)34-18-16-32(17-19-34)15-7-6-10-24-9-4-5-11-27(24)38-20-8-12-29(35)33(2)22-32/h4-5,9,11,13-14,21H,6-8,10,12,15-20,22H2,1-3H3. The van der Waals surface area contributed by atoms with E-state index in [2.05, 4.69) is 12.1 Å². The highest BCUT2D eigenvalue weighted by Gasteiger charge is 2.38. The fraction of sp³-hybridized carbons (Fsp3) is 0.500. The second kappa shape index (κ2) is 11.7. The predicted molar refractivity (Wildman–Crippen MR) is 151 cm³/mol. The van der Waals surface area contributed by atoms with E-state index < -0.39 is 0 Å². The molecule has 39 heavy (non-hydrogen) atoms. The van der Waals surface area contributed by atoms with Crippen molar-refractivity contribution >= 4 is 22.8 Å². The first kappa shape index (κ1) is 27.1. The molecule has 1 aromatic heterocycles. The van der Waals surface area contributed by atoms with Crippen LogP contribution in [0, 0.1) is 12.3 Å². The van der Waals surface area contributed by atoms with Gasteiger partial charge in [0.2, 0.25) is 5.91 Å². The minimum absolute atomic E-state index is 0.0115. The van der Waals surface area contributed by atoms with Crippen LogP contribution in [-0.2, 0) is 11.2 Å². The first-order valence-electron chi connectivity index (χ1n) is 14.2. The zero-order chi connectivity index (χ0) is 27.4. The summed E-state index contributed by atoms with van der Waals surface area (Å²) in [7, 11) is 3.56. The summed E-state index contributed by atoms with van der Waals surface area (Å²) in [5, 5.41) is 0.907. The summed E-state index contributed by atoms with van der Waals surface area (Å²) in [5.41, 5.74) is 2.80. The molecule has 2 aliphatic heterocycles. The number of ether oxygens (including phenoxy) is 2. The molecule has 0 atom stereocenters. The van der Waals surface area contributed by atoms with E-state index in [9.17, 15) is 9.59 Å². The lowest BCUT2D eigenvalue weighted by Crippen LogP contribution is -2.48. The van der Waals surface area contributed by atoms with Crippen molar-refractivity contribution in [1.29, 1.82) is 0 Å². The number of amides is 2. The average Bonchev–Trinajstić information content (AvgIpc) is 3.29. The van der Waals surface area contributed by atoms with Crippen molar-refractivity contribution in [2.24, 2.45) is 5.41 Å². The first-order valence-corrected chi connectivity index (χ1v) is 14.2. The molecule has 2 aromatic carbocycles. The van der Waals surface area contributed by atoms with Crippen molar-refractivity contribution in [1.82, 2.24) is 9.80 Å². The van der Waals surface area contributed by atoms with Crippen LogP contribution >= 0.6 is 0 Å². The Morgan fingerprint density at radius 1 is 1.00 bits per heavy atom. The van der Waals surface area contributed by atoms with Gasteiger partial charge in [0.1, 0.15) is 17.1 Å². The van der Waals surface area contributed by atoms with Crippen molar-refractivity contribution in [2.45, 2.75) is 58.3 Å². The van der Waals surface area contributed by atoms with Crippen LogP contribution in [0.2, 0.25) is 0 Å². The van der Waals surface area contributed by atoms with Gasteiger partial charge in [-0.2, -0.15) is 0 Å². The maximum atomic E-state index is 13.6. The van der Waals surface area contributed by atoms with Gasteiger partial charge in [0.05, 0.1) is 13.7 Å². The number of hydrogen-bond acceptors (Lipinski definition) is 5. The van der Waals surface area contributed by atoms with E-state index >= 15 is 0 Å². The number of methoxy groups -OCH3 is 1. The Kier molecular flexibility index (Phi) is 8.15. The number of rotatable bonds is 2. The van der Waals surface area contributed by atoms with Gasteiger partial charge in [-0.1, -0.05) is 24.6 Å². The Hall–Kier alpha value is -3.48. The monoisotopic (exact) mass is 532 g/mol. The van der Waals surface area contributed by atoms with Gasteiger partial charge in [0.25, 0.3) is 5.91 Å². The van der Waals surface area contributed by atoms with Crippen molar-refractivity contribution in [3.8, 4) is 11.5 Å². The number of carbonyl (C=O) groups is 2. The highest BCUT2D eigenvalue weighted by atomic mass is 16.5. The minimum atomic E-state index is -0.0561. The Morgan fingerprint density at radius 3 is 2.59 bits per heavy atom. The molecule has 2 amide bonds. The zero-order valence-electron chi connectivity index (χ0n) is 23.5. The van der Waals surface area contributed by atoms with Crippen LogP contribution in [-0.4, -0.2) is 62.0 Å². The molecule has 1 saturated heterocycles. The maximum Gasteiger partial charge on any atom is 0.289 e. The van der Waals surface area contributed by atoms with Crippen LogP contribution in [0.25, 0.3) is 11.0 Å². The van der Waals surface area contributed by atoms with Crippen LogP contribution in [0.5, 0.6) is 11.5 Å². The Morgan fingerprint density at radius 2 is 1.79 bits per heavy atom. The molecule has 0 bridgehead atoms. The fourth-order valence-corrected chi connectivity index (χ4v) is 6.20. The van der Waals surface area contributed by atoms with Crippen LogP contribution < -0.4 is 9.47 Å². The topological polar surface area (TPSA) is 72.2 Å². The summed E-state index contributed by atoms with van der Waals surface area (Å²) in [6.45, 7) is 4.54. The van der Waals surface area contributed by atoms with Crippen LogP contribution in [0.4, 0.5) is 0 Å². The third-order valence-electron chi connectivity index (χ3n) is 8.62. The summed E-state index contributed by atoms with van der Waals surface area (Å²) in [4.78, 5) is 30.4. The molecule has 0 radical (unpaired) electrons. The molecule has 1 fully saturated rings. The largest absolute Gasteiger partial charge is 0.497 e. The molecule has 0 unspecified atom stereocenters. The molecule has 0 saturated carbocycles. The number of aryl methyl sites for hydroxylation is 2. The summed E-state index contributed by atoms with van der Waals surface area (Å²) in [6, 6.07) is 13.9. The molecular formula is C32H40N2O5. The average molecular weight is 533 g/mol. The highest BCUT2D eigenvalue weighted by Crippen LogP contribution is 2.39. The lowest BCUT2D eigenvalue weighted by Gasteiger charge is -2.44. The van der Waals surface area contributed by atoms with Crippen molar-refractivity contribution in [2.75, 3.05) is 40.4 Å². The SMILES string of the molecule is COc1ccc2oc(C(=O)N3CCC4(CCCCc5ccccc5OCCCC(=O)N(C)C4)CC3)c(C)c2c1. The van der Waals surface area contributed by atoms with Crippen molar-refractivity contribution in [3.05, 3.63) is 59.4 Å². The molecule has 0 aliphatic carbocycles. The Balaban J connectivity index is 1.29. The first-order chi connectivity index (χ1) is 18.9. The van der Waals surface area contributed by atoms with Gasteiger partial charge in [-0.05, 0) is 80.7 Å². The van der Waals surface area contributed by atoms with Crippen LogP contribution in [0.1, 0.15) is 66.6 Å². The van der Waals surface area contributed by atoms with E-state index in [1.807, 2.05) is 54.1 Å². The number of benzene rings is 2. The molecule has 1 spiro atoms. The van der Waals surface area contributed by atoms with Gasteiger partial charge in [-0.25, -0.2) is 0 Å². The van der Waals surface area contributed by atoms with Crippen LogP contribution in [0.3, 0.4) is 0 Å². The lowest BCUT2D eigenvalue weighted by atomic mass is 9.73. The molecule has 7 nitrogen and oxygen atoms in total. The maximum absolute atomic E-state index is 13.6. The summed E-state index contributed by atoms with van der Waals surface area (Å²) >= 11 is 0. The number of likely N-dealkylation sites (tertiary alicyclic amines) is 1. The van der Waals surface area contributed by atoms with Gasteiger partial charge in [0.15, 0.2) is 5.76 Å². The van der Waals surface area contributed by atoms with Crippen molar-refractivity contribution in [3.63, 3.8) is 0 Å². The second-order valence-electron chi connectivity index (χ2n) is 11.2. The number of carbonyl (C=O) groups excluding carboxylic acids is 2. The number of para-hydroxylation sites is 1. The smallest absolute Gasteiger partial charge is 0.289 e. The van der Waals surface area contributed by atoms with E-state index in [0.717, 1.165) is 67.5 Å². The normalized spacial score (nSPS) is 18.9. The Bertz CT molecular complexity index is 1320. The van der Waals surface area contributed by atoms with Gasteiger partial charge in [-0.15, -0.1) is 0 Å². The lowest BCUT2D eigenvalue weighted by molar-refractivity contribution is -0.132. The number of hydrogen-bond donors (Lipinski definition) is 0. The Labute approximate surface area is 231 Å². The number of fused-ring (bicyclic) bond motifs is 2. The molecule has 5 rings (SSSR count). The summed E-state index contributed by atoms with van der Waals surface area (Å²) in [6.07, 6.45) is 7.12. The van der Waals surface area contributed by atoms with E-state index in [1.165, 1.54) is 5.56 Å². The van der Waals surface area contributed by atoms with Gasteiger partial charge < -0.3 is 23.7 Å². The third-order valence-corrected chi connectivity index (χ3v) is 8.62. The van der Waals surface area contributed by atoms with E-state index in [1.54, 1.807) is 7.11 Å². The van der Waals surface area contributed by atoms with Gasteiger partial charge in [-0.3, -0.25) is 9.59 Å². The summed E-state index contributed by atoms with van der Waals surface area (Å²) < 4.78 is 17.4. The van der Waals surface area contributed by atoms with E-state index in [4.69, 9.17) is 13.9 Å². The molecule has 2 aliphatic rings. The molecule has 3 aromatic rings. The number of furan rings is 1. The zero-order valence-corrected chi connectivity index (χ0v) is 23.5. The van der Waals surface area contributed by atoms with Gasteiger partial charge in [0, 0.05) is 44.1 Å². The fourth-order valence-electron chi connectivity index (χ4n) is 6.20. The van der Waals surface area contributed by atoms with Gasteiger partial charge >= 0.3 is 0 Å². The quantitative estimate of drug-likeness (QED) is 0.404. The molecular weight excluding hydrogens is 492 g/mol. The van der Waals surface area contributed by atoms with E-state index in [-0.39, 0.29) is 17.2 Å². The predicted octanol–water partition coefficient (Wildman–Crippen LogP) is 6.02. The third kappa shape index (κ3) is 5.92. The van der Waals surface area contributed by atoms with E-state index in [0.29, 0.717) is 43.9 Å². The minimum Gasteiger partial charge on any atom is -0.497 e. The van der Waals surface area contributed by atoms with Crippen LogP contribution in [0.15, 0.2) is 46.9 Å². The van der Waals surface area contributed by atoms with Crippen molar-refractivity contribution < 1.29 is 23.5 Å². The highest BCUT2D eigenvalue weighted by molar-refractivity contribution is 5.99. The molecule has 0 N–H and O–H groups in total. The molecule has 208 valence electrons. The molecule has 7 heteroatoms. The number of nitrogens with zero attached hydrogens (tertiary/aromatic N) is 2. The second-order valence-corrected chi connectivity index (χ2v) is 11.2. The number of piperidine rings is 1.